The molecule has 102 valence electrons. The van der Waals surface area contributed by atoms with Crippen LogP contribution in [0.25, 0.3) is 5.65 Å². The predicted octanol–water partition coefficient (Wildman–Crippen LogP) is 1.72. The van der Waals surface area contributed by atoms with Gasteiger partial charge in [0.05, 0.1) is 11.1 Å². The number of aromatic nitrogens is 4. The minimum Gasteiger partial charge on any atom is -0.481 e. The molecular weight excluding hydrogens is 244 g/mol. The van der Waals surface area contributed by atoms with Gasteiger partial charge in [0.1, 0.15) is 0 Å². The van der Waals surface area contributed by atoms with Gasteiger partial charge >= 0.3 is 5.97 Å². The molecule has 2 rings (SSSR count). The first-order valence-electron chi connectivity index (χ1n) is 6.26. The number of aliphatic carboxylic acids is 1. The average Bonchev–Trinajstić information content (AvgIpc) is 2.71. The van der Waals surface area contributed by atoms with Gasteiger partial charge in [-0.2, -0.15) is 9.61 Å². The summed E-state index contributed by atoms with van der Waals surface area (Å²) >= 11 is 0. The number of carbonyl (C=O) groups is 1. The average molecular weight is 262 g/mol. The predicted molar refractivity (Wildman–Crippen MR) is 69.8 cm³/mol. The van der Waals surface area contributed by atoms with Crippen LogP contribution in [0, 0.1) is 18.3 Å². The van der Waals surface area contributed by atoms with Crippen LogP contribution in [-0.4, -0.2) is 30.9 Å². The smallest absolute Gasteiger partial charge is 0.310 e. The zero-order chi connectivity index (χ0) is 14.2. The number of hydrogen-bond donors (Lipinski definition) is 1. The largest absolute Gasteiger partial charge is 0.481 e. The molecule has 0 bridgehead atoms. The third kappa shape index (κ3) is 2.30. The van der Waals surface area contributed by atoms with Gasteiger partial charge in [0.15, 0.2) is 11.5 Å². The first-order valence-corrected chi connectivity index (χ1v) is 6.26. The monoisotopic (exact) mass is 262 g/mol. The van der Waals surface area contributed by atoms with E-state index in [2.05, 4.69) is 15.3 Å². The number of carboxylic acid groups (broad SMARTS) is 1. The van der Waals surface area contributed by atoms with E-state index < -0.39 is 11.4 Å². The molecule has 19 heavy (non-hydrogen) atoms. The van der Waals surface area contributed by atoms with E-state index in [0.717, 1.165) is 5.69 Å². The van der Waals surface area contributed by atoms with Crippen LogP contribution in [0.5, 0.6) is 0 Å². The summed E-state index contributed by atoms with van der Waals surface area (Å²) in [5, 5.41) is 21.9. The van der Waals surface area contributed by atoms with E-state index in [1.807, 2.05) is 32.9 Å². The van der Waals surface area contributed by atoms with E-state index in [0.29, 0.717) is 17.9 Å². The lowest BCUT2D eigenvalue weighted by Crippen LogP contribution is -2.36. The Morgan fingerprint density at radius 2 is 2.11 bits per heavy atom. The topological polar surface area (TPSA) is 80.4 Å². The van der Waals surface area contributed by atoms with E-state index in [-0.39, 0.29) is 5.92 Å². The van der Waals surface area contributed by atoms with Gasteiger partial charge in [0.2, 0.25) is 0 Å². The first-order chi connectivity index (χ1) is 8.84. The van der Waals surface area contributed by atoms with Crippen LogP contribution in [0.1, 0.15) is 32.3 Å². The molecule has 0 fully saturated rings. The van der Waals surface area contributed by atoms with Crippen molar-refractivity contribution in [1.29, 1.82) is 0 Å². The summed E-state index contributed by atoms with van der Waals surface area (Å²) in [5.74, 6) is -0.258. The maximum atomic E-state index is 11.5. The van der Waals surface area contributed by atoms with E-state index >= 15 is 0 Å². The Morgan fingerprint density at radius 3 is 2.68 bits per heavy atom. The van der Waals surface area contributed by atoms with Crippen LogP contribution in [0.15, 0.2) is 12.1 Å². The molecule has 0 aliphatic rings. The zero-order valence-electron chi connectivity index (χ0n) is 11.6. The molecule has 0 aromatic carbocycles. The molecule has 1 unspecified atom stereocenters. The zero-order valence-corrected chi connectivity index (χ0v) is 11.6. The summed E-state index contributed by atoms with van der Waals surface area (Å²) in [4.78, 5) is 11.5. The van der Waals surface area contributed by atoms with Gasteiger partial charge in [0, 0.05) is 6.42 Å². The fourth-order valence-electron chi connectivity index (χ4n) is 1.89. The minimum absolute atomic E-state index is 0.0119. The van der Waals surface area contributed by atoms with Crippen LogP contribution < -0.4 is 0 Å². The Morgan fingerprint density at radius 1 is 1.42 bits per heavy atom. The fraction of sp³-hybridized carbons (Fsp3) is 0.538. The number of nitrogens with zero attached hydrogens (tertiary/aromatic N) is 4. The Kier molecular flexibility index (Phi) is 3.26. The van der Waals surface area contributed by atoms with Crippen LogP contribution in [0.2, 0.25) is 0 Å². The maximum absolute atomic E-state index is 11.5. The van der Waals surface area contributed by atoms with Crippen molar-refractivity contribution in [3.8, 4) is 0 Å². The highest BCUT2D eigenvalue weighted by Crippen LogP contribution is 2.31. The molecule has 2 aromatic rings. The molecule has 2 aromatic heterocycles. The molecule has 1 atom stereocenters. The van der Waals surface area contributed by atoms with Crippen molar-refractivity contribution in [3.63, 3.8) is 0 Å². The molecule has 0 aliphatic heterocycles. The molecule has 2 heterocycles. The highest BCUT2D eigenvalue weighted by atomic mass is 16.4. The van der Waals surface area contributed by atoms with Gasteiger partial charge in [0.25, 0.3) is 0 Å². The Labute approximate surface area is 111 Å². The second-order valence-corrected chi connectivity index (χ2v) is 5.42. The summed E-state index contributed by atoms with van der Waals surface area (Å²) < 4.78 is 1.62. The Hall–Kier alpha value is -1.98. The first kappa shape index (κ1) is 13.5. The summed E-state index contributed by atoms with van der Waals surface area (Å²) in [6, 6.07) is 3.68. The molecule has 0 radical (unpaired) electrons. The van der Waals surface area contributed by atoms with Crippen molar-refractivity contribution in [2.45, 2.75) is 34.1 Å². The summed E-state index contributed by atoms with van der Waals surface area (Å²) in [6.45, 7) is 7.41. The van der Waals surface area contributed by atoms with Gasteiger partial charge in [-0.3, -0.25) is 4.79 Å². The van der Waals surface area contributed by atoms with Crippen molar-refractivity contribution in [3.05, 3.63) is 23.7 Å². The molecule has 6 nitrogen and oxygen atoms in total. The summed E-state index contributed by atoms with van der Waals surface area (Å²) in [6.07, 6.45) is 0.303. The van der Waals surface area contributed by atoms with Crippen LogP contribution in [0.3, 0.4) is 0 Å². The highest BCUT2D eigenvalue weighted by molar-refractivity contribution is 5.74. The lowest BCUT2D eigenvalue weighted by atomic mass is 9.76. The van der Waals surface area contributed by atoms with Crippen molar-refractivity contribution < 1.29 is 9.90 Å². The standard InChI is InChI=1S/C13H18N4O2/c1-8(2)13(4,12(18)19)7-11-15-14-10-6-5-9(3)16-17(10)11/h5-6,8H,7H2,1-4H3,(H,18,19). The van der Waals surface area contributed by atoms with Crippen molar-refractivity contribution >= 4 is 11.6 Å². The van der Waals surface area contributed by atoms with Crippen LogP contribution >= 0.6 is 0 Å². The van der Waals surface area contributed by atoms with Gasteiger partial charge in [-0.05, 0) is 31.9 Å². The van der Waals surface area contributed by atoms with Crippen molar-refractivity contribution in [2.75, 3.05) is 0 Å². The second-order valence-electron chi connectivity index (χ2n) is 5.42. The molecular formula is C13H18N4O2. The molecule has 0 amide bonds. The lowest BCUT2D eigenvalue weighted by molar-refractivity contribution is -0.150. The molecule has 0 saturated heterocycles. The quantitative estimate of drug-likeness (QED) is 0.907. The number of aryl methyl sites for hydroxylation is 1. The summed E-state index contributed by atoms with van der Waals surface area (Å²) in [7, 11) is 0. The molecule has 0 aliphatic carbocycles. The van der Waals surface area contributed by atoms with Crippen LogP contribution in [0.4, 0.5) is 0 Å². The van der Waals surface area contributed by atoms with Gasteiger partial charge < -0.3 is 5.11 Å². The SMILES string of the molecule is Cc1ccc2nnc(CC(C)(C(=O)O)C(C)C)n2n1. The highest BCUT2D eigenvalue weighted by Gasteiger charge is 2.38. The number of carboxylic acids is 1. The van der Waals surface area contributed by atoms with Crippen LogP contribution in [-0.2, 0) is 11.2 Å². The molecule has 6 heteroatoms. The van der Waals surface area contributed by atoms with E-state index in [9.17, 15) is 9.90 Å². The van der Waals surface area contributed by atoms with E-state index in [1.165, 1.54) is 0 Å². The van der Waals surface area contributed by atoms with E-state index in [4.69, 9.17) is 0 Å². The normalized spacial score (nSPS) is 14.8. The van der Waals surface area contributed by atoms with E-state index in [1.54, 1.807) is 11.4 Å². The fourth-order valence-corrected chi connectivity index (χ4v) is 1.89. The lowest BCUT2D eigenvalue weighted by Gasteiger charge is -2.27. The Bertz CT molecular complexity index is 620. The molecule has 0 saturated carbocycles. The van der Waals surface area contributed by atoms with Gasteiger partial charge in [-0.25, -0.2) is 0 Å². The number of hydrogen-bond acceptors (Lipinski definition) is 4. The maximum Gasteiger partial charge on any atom is 0.310 e. The third-order valence-electron chi connectivity index (χ3n) is 3.75. The van der Waals surface area contributed by atoms with Crippen molar-refractivity contribution in [1.82, 2.24) is 19.8 Å². The number of fused-ring (bicyclic) bond motifs is 1. The van der Waals surface area contributed by atoms with Gasteiger partial charge in [-0.15, -0.1) is 10.2 Å². The van der Waals surface area contributed by atoms with Crippen molar-refractivity contribution in [2.24, 2.45) is 11.3 Å². The second kappa shape index (κ2) is 4.60. The van der Waals surface area contributed by atoms with Gasteiger partial charge in [-0.1, -0.05) is 13.8 Å². The Balaban J connectivity index is 2.45. The minimum atomic E-state index is -0.881. The number of rotatable bonds is 4. The third-order valence-corrected chi connectivity index (χ3v) is 3.75. The molecule has 0 spiro atoms. The summed E-state index contributed by atoms with van der Waals surface area (Å²) in [5.41, 5.74) is 0.598. The molecule has 1 N–H and O–H groups in total.